The van der Waals surface area contributed by atoms with Gasteiger partial charge in [-0.3, -0.25) is 4.99 Å². The van der Waals surface area contributed by atoms with Crippen LogP contribution in [0.5, 0.6) is 0 Å². The number of aliphatic imine (C=N–C) groups is 1. The van der Waals surface area contributed by atoms with E-state index in [0.717, 1.165) is 18.6 Å². The maximum atomic E-state index is 11.7. The molecule has 0 bridgehead atoms. The fourth-order valence-corrected chi connectivity index (χ4v) is 3.75. The van der Waals surface area contributed by atoms with Gasteiger partial charge in [0.05, 0.1) is 12.0 Å². The molecule has 118 valence electrons. The molecule has 8 heteroatoms. The molecule has 1 saturated heterocycles. The number of hydrogen-bond acceptors (Lipinski definition) is 4. The van der Waals surface area contributed by atoms with Gasteiger partial charge in [-0.05, 0) is 18.6 Å². The monoisotopic (exact) mass is 314 g/mol. The predicted octanol–water partition coefficient (Wildman–Crippen LogP) is 0.0226. The molecule has 21 heavy (non-hydrogen) atoms. The molecule has 1 aromatic rings. The minimum Gasteiger partial charge on any atom is -0.469 e. The van der Waals surface area contributed by atoms with E-state index in [9.17, 15) is 8.42 Å². The molecular formula is C13H22N4O3S. The Morgan fingerprint density at radius 3 is 2.86 bits per heavy atom. The Morgan fingerprint density at radius 1 is 1.43 bits per heavy atom. The van der Waals surface area contributed by atoms with Crippen molar-refractivity contribution in [2.24, 2.45) is 4.99 Å². The molecule has 7 nitrogen and oxygen atoms in total. The van der Waals surface area contributed by atoms with Crippen LogP contribution in [0.25, 0.3) is 0 Å². The molecule has 0 radical (unpaired) electrons. The van der Waals surface area contributed by atoms with Crippen molar-refractivity contribution in [3.05, 3.63) is 24.2 Å². The molecule has 0 unspecified atom stereocenters. The number of hydrogen-bond donors (Lipinski definition) is 2. The van der Waals surface area contributed by atoms with Crippen molar-refractivity contribution in [1.29, 1.82) is 0 Å². The van der Waals surface area contributed by atoms with Gasteiger partial charge in [-0.25, -0.2) is 12.7 Å². The van der Waals surface area contributed by atoms with Gasteiger partial charge in [-0.2, -0.15) is 0 Å². The first-order valence-corrected chi connectivity index (χ1v) is 8.67. The van der Waals surface area contributed by atoms with Crippen molar-refractivity contribution < 1.29 is 12.8 Å². The second-order valence-electron chi connectivity index (χ2n) is 4.82. The van der Waals surface area contributed by atoms with Crippen LogP contribution in [0, 0.1) is 0 Å². The van der Waals surface area contributed by atoms with Crippen molar-refractivity contribution in [1.82, 2.24) is 14.9 Å². The minimum atomic E-state index is -3.02. The lowest BCUT2D eigenvalue weighted by Crippen LogP contribution is -2.42. The zero-order valence-corrected chi connectivity index (χ0v) is 13.0. The van der Waals surface area contributed by atoms with Gasteiger partial charge in [0.1, 0.15) is 5.76 Å². The quantitative estimate of drug-likeness (QED) is 0.571. The van der Waals surface area contributed by atoms with Crippen molar-refractivity contribution in [2.75, 3.05) is 39.0 Å². The third kappa shape index (κ3) is 4.75. The summed E-state index contributed by atoms with van der Waals surface area (Å²) in [5.74, 6) is 1.85. The molecule has 0 spiro atoms. The summed E-state index contributed by atoms with van der Waals surface area (Å²) in [7, 11) is -1.33. The lowest BCUT2D eigenvalue weighted by Gasteiger charge is -2.16. The van der Waals surface area contributed by atoms with E-state index in [1.54, 1.807) is 13.3 Å². The maximum Gasteiger partial charge on any atom is 0.214 e. The minimum absolute atomic E-state index is 0.267. The molecule has 0 aromatic carbocycles. The van der Waals surface area contributed by atoms with E-state index in [4.69, 9.17) is 4.42 Å². The molecule has 2 heterocycles. The number of rotatable bonds is 6. The van der Waals surface area contributed by atoms with Crippen LogP contribution in [0.1, 0.15) is 12.2 Å². The van der Waals surface area contributed by atoms with Gasteiger partial charge < -0.3 is 15.1 Å². The van der Waals surface area contributed by atoms with E-state index in [1.165, 1.54) is 4.31 Å². The van der Waals surface area contributed by atoms with Crippen molar-refractivity contribution >= 4 is 16.0 Å². The highest BCUT2D eigenvalue weighted by molar-refractivity contribution is 7.89. The van der Waals surface area contributed by atoms with Crippen LogP contribution in [0.2, 0.25) is 0 Å². The van der Waals surface area contributed by atoms with Crippen LogP contribution in [-0.2, 0) is 16.4 Å². The summed E-state index contributed by atoms with van der Waals surface area (Å²) in [4.78, 5) is 4.10. The Balaban J connectivity index is 1.66. The summed E-state index contributed by atoms with van der Waals surface area (Å²) < 4.78 is 30.1. The number of nitrogens with zero attached hydrogens (tertiary/aromatic N) is 2. The van der Waals surface area contributed by atoms with Gasteiger partial charge in [-0.15, -0.1) is 0 Å². The Morgan fingerprint density at radius 2 is 2.24 bits per heavy atom. The lowest BCUT2D eigenvalue weighted by molar-refractivity contribution is 0.445. The third-order valence-corrected chi connectivity index (χ3v) is 5.28. The maximum absolute atomic E-state index is 11.7. The van der Waals surface area contributed by atoms with Gasteiger partial charge in [0.2, 0.25) is 10.0 Å². The van der Waals surface area contributed by atoms with E-state index in [0.29, 0.717) is 32.1 Å². The Labute approximate surface area is 125 Å². The second-order valence-corrected chi connectivity index (χ2v) is 6.91. The summed E-state index contributed by atoms with van der Waals surface area (Å²) in [6.07, 6.45) is 3.14. The Bertz CT molecular complexity index is 554. The van der Waals surface area contributed by atoms with E-state index >= 15 is 0 Å². The van der Waals surface area contributed by atoms with Crippen molar-refractivity contribution in [3.8, 4) is 0 Å². The Kier molecular flexibility index (Phi) is 5.63. The topological polar surface area (TPSA) is 86.9 Å². The second kappa shape index (κ2) is 7.46. The molecule has 2 rings (SSSR count). The first-order chi connectivity index (χ1) is 10.1. The lowest BCUT2D eigenvalue weighted by atomic mass is 10.3. The molecule has 0 atom stereocenters. The molecule has 2 N–H and O–H groups in total. The first-order valence-electron chi connectivity index (χ1n) is 7.06. The summed E-state index contributed by atoms with van der Waals surface area (Å²) in [6, 6.07) is 3.79. The van der Waals surface area contributed by atoms with Crippen LogP contribution in [0.15, 0.2) is 27.8 Å². The smallest absolute Gasteiger partial charge is 0.214 e. The van der Waals surface area contributed by atoms with Gasteiger partial charge in [0, 0.05) is 39.6 Å². The fourth-order valence-electron chi connectivity index (χ4n) is 2.22. The van der Waals surface area contributed by atoms with E-state index < -0.39 is 10.0 Å². The average Bonchev–Trinajstić information content (AvgIpc) is 3.07. The zero-order valence-electron chi connectivity index (χ0n) is 12.2. The first kappa shape index (κ1) is 15.8. The number of guanidine groups is 1. The summed E-state index contributed by atoms with van der Waals surface area (Å²) in [6.45, 7) is 2.34. The van der Waals surface area contributed by atoms with Crippen LogP contribution in [0.4, 0.5) is 0 Å². The van der Waals surface area contributed by atoms with Gasteiger partial charge >= 0.3 is 0 Å². The summed E-state index contributed by atoms with van der Waals surface area (Å²) in [5, 5.41) is 6.28. The molecule has 1 aromatic heterocycles. The van der Waals surface area contributed by atoms with Crippen LogP contribution in [0.3, 0.4) is 0 Å². The zero-order chi connectivity index (χ0) is 15.1. The summed E-state index contributed by atoms with van der Waals surface area (Å²) in [5.41, 5.74) is 0. The third-order valence-electron chi connectivity index (χ3n) is 3.32. The number of nitrogens with one attached hydrogen (secondary N) is 2. The van der Waals surface area contributed by atoms with Gasteiger partial charge in [0.25, 0.3) is 0 Å². The SMILES string of the molecule is CN=C(NCCc1ccco1)NCCN1CCCS1(=O)=O. The van der Waals surface area contributed by atoms with Crippen LogP contribution < -0.4 is 10.6 Å². The van der Waals surface area contributed by atoms with Gasteiger partial charge in [-0.1, -0.05) is 0 Å². The van der Waals surface area contributed by atoms with Crippen molar-refractivity contribution in [2.45, 2.75) is 12.8 Å². The largest absolute Gasteiger partial charge is 0.469 e. The highest BCUT2D eigenvalue weighted by Gasteiger charge is 2.27. The molecule has 1 fully saturated rings. The molecule has 0 aliphatic carbocycles. The molecular weight excluding hydrogens is 292 g/mol. The standard InChI is InChI=1S/C13H22N4O3S/c1-14-13(15-6-5-12-4-2-10-20-12)16-7-9-17-8-3-11-21(17,18)19/h2,4,10H,3,5-9,11H2,1H3,(H2,14,15,16). The normalized spacial score (nSPS) is 18.8. The number of furan rings is 1. The number of sulfonamides is 1. The highest BCUT2D eigenvalue weighted by atomic mass is 32.2. The average molecular weight is 314 g/mol. The molecule has 0 saturated carbocycles. The van der Waals surface area contributed by atoms with E-state index in [2.05, 4.69) is 15.6 Å². The van der Waals surface area contributed by atoms with Gasteiger partial charge in [0.15, 0.2) is 5.96 Å². The molecule has 1 aliphatic rings. The predicted molar refractivity (Wildman–Crippen MR) is 81.8 cm³/mol. The molecule has 0 amide bonds. The molecule has 1 aliphatic heterocycles. The van der Waals surface area contributed by atoms with E-state index in [-0.39, 0.29) is 5.75 Å². The van der Waals surface area contributed by atoms with Crippen molar-refractivity contribution in [3.63, 3.8) is 0 Å². The highest BCUT2D eigenvalue weighted by Crippen LogP contribution is 2.11. The fraction of sp³-hybridized carbons (Fsp3) is 0.615. The Hall–Kier alpha value is -1.54. The van der Waals surface area contributed by atoms with Crippen LogP contribution >= 0.6 is 0 Å². The van der Waals surface area contributed by atoms with E-state index in [1.807, 2.05) is 12.1 Å². The van der Waals surface area contributed by atoms with Crippen LogP contribution in [-0.4, -0.2) is 57.7 Å². The summed E-state index contributed by atoms with van der Waals surface area (Å²) >= 11 is 0.